The van der Waals surface area contributed by atoms with Gasteiger partial charge < -0.3 is 15.5 Å². The van der Waals surface area contributed by atoms with Gasteiger partial charge in [-0.1, -0.05) is 12.8 Å². The molecule has 0 saturated heterocycles. The highest BCUT2D eigenvalue weighted by atomic mass is 16.4. The van der Waals surface area contributed by atoms with Crippen LogP contribution < -0.4 is 5.32 Å². The lowest BCUT2D eigenvalue weighted by atomic mass is 10.1. The molecule has 3 N–H and O–H groups in total. The normalized spacial score (nSPS) is 12.0. The maximum Gasteiger partial charge on any atom is 0.323 e. The van der Waals surface area contributed by atoms with E-state index in [2.05, 4.69) is 11.4 Å². The highest BCUT2D eigenvalue weighted by Gasteiger charge is 2.13. The Kier molecular flexibility index (Phi) is 8.73. The van der Waals surface area contributed by atoms with E-state index in [1.54, 1.807) is 0 Å². The molecule has 0 aromatic rings. The lowest BCUT2D eigenvalue weighted by Gasteiger charge is -2.10. The Hall–Kier alpha value is -1.12. The molecule has 0 fully saturated rings. The quantitative estimate of drug-likeness (QED) is 0.486. The Bertz CT molecular complexity index is 213. The second-order valence-electron chi connectivity index (χ2n) is 3.35. The number of rotatable bonds is 9. The van der Waals surface area contributed by atoms with Gasteiger partial charge in [-0.25, -0.2) is 0 Å². The number of unbranched alkanes of at least 4 members (excludes halogenated alkanes) is 4. The highest BCUT2D eigenvalue weighted by molar-refractivity contribution is 5.73. The number of nitrogens with one attached hydrogen (secondary N) is 1. The molecule has 0 aliphatic heterocycles. The van der Waals surface area contributed by atoms with Gasteiger partial charge in [-0.15, -0.1) is 0 Å². The van der Waals surface area contributed by atoms with E-state index in [-0.39, 0.29) is 6.61 Å². The summed E-state index contributed by atoms with van der Waals surface area (Å²) < 4.78 is 0. The number of hydrogen-bond acceptors (Lipinski definition) is 4. The monoisotopic (exact) mass is 214 g/mol. The van der Waals surface area contributed by atoms with Gasteiger partial charge in [-0.2, -0.15) is 5.26 Å². The Labute approximate surface area is 89.7 Å². The number of carboxylic acid groups (broad SMARTS) is 1. The summed E-state index contributed by atoms with van der Waals surface area (Å²) in [6.45, 7) is 0.202. The van der Waals surface area contributed by atoms with Crippen molar-refractivity contribution in [3.8, 4) is 6.07 Å². The van der Waals surface area contributed by atoms with Crippen LogP contribution in [0, 0.1) is 11.3 Å². The first kappa shape index (κ1) is 13.9. The van der Waals surface area contributed by atoms with Crippen LogP contribution in [0.15, 0.2) is 0 Å². The number of aliphatic hydroxyl groups is 1. The fourth-order valence-corrected chi connectivity index (χ4v) is 1.19. The Morgan fingerprint density at radius 3 is 2.53 bits per heavy atom. The van der Waals surface area contributed by atoms with Gasteiger partial charge in [0.05, 0.1) is 12.7 Å². The zero-order valence-electron chi connectivity index (χ0n) is 8.78. The summed E-state index contributed by atoms with van der Waals surface area (Å²) in [4.78, 5) is 10.5. The van der Waals surface area contributed by atoms with Gasteiger partial charge in [0.15, 0.2) is 0 Å². The van der Waals surface area contributed by atoms with Gasteiger partial charge in [0.1, 0.15) is 6.04 Å². The maximum absolute atomic E-state index is 10.5. The van der Waals surface area contributed by atoms with E-state index in [9.17, 15) is 4.79 Å². The van der Waals surface area contributed by atoms with Crippen LogP contribution in [0.3, 0.4) is 0 Å². The molecule has 0 aromatic carbocycles. The smallest absolute Gasteiger partial charge is 0.323 e. The highest BCUT2D eigenvalue weighted by Crippen LogP contribution is 2.01. The molecule has 0 rings (SSSR count). The second kappa shape index (κ2) is 9.44. The molecule has 0 aliphatic rings. The topological polar surface area (TPSA) is 93.4 Å². The van der Waals surface area contributed by atoms with E-state index in [0.717, 1.165) is 25.7 Å². The van der Waals surface area contributed by atoms with Crippen molar-refractivity contribution < 1.29 is 15.0 Å². The van der Waals surface area contributed by atoms with Gasteiger partial charge >= 0.3 is 5.97 Å². The van der Waals surface area contributed by atoms with Crippen LogP contribution in [0.4, 0.5) is 0 Å². The van der Waals surface area contributed by atoms with Crippen LogP contribution in [0.1, 0.15) is 32.1 Å². The Balaban J connectivity index is 3.30. The van der Waals surface area contributed by atoms with Crippen molar-refractivity contribution in [1.29, 1.82) is 5.26 Å². The van der Waals surface area contributed by atoms with Crippen molar-refractivity contribution in [1.82, 2.24) is 5.32 Å². The molecule has 86 valence electrons. The summed E-state index contributed by atoms with van der Waals surface area (Å²) in [5.41, 5.74) is 0. The summed E-state index contributed by atoms with van der Waals surface area (Å²) in [6.07, 6.45) is 4.33. The summed E-state index contributed by atoms with van der Waals surface area (Å²) >= 11 is 0. The Morgan fingerprint density at radius 1 is 1.33 bits per heavy atom. The summed E-state index contributed by atoms with van der Waals surface area (Å²) in [5, 5.41) is 28.3. The zero-order valence-corrected chi connectivity index (χ0v) is 8.78. The fraction of sp³-hybridized carbons (Fsp3) is 0.800. The van der Waals surface area contributed by atoms with Gasteiger partial charge in [-0.3, -0.25) is 4.79 Å². The van der Waals surface area contributed by atoms with E-state index >= 15 is 0 Å². The predicted octanol–water partition coefficient (Wildman–Crippen LogP) is 0.496. The maximum atomic E-state index is 10.5. The van der Waals surface area contributed by atoms with Crippen LogP contribution >= 0.6 is 0 Å². The number of aliphatic hydroxyl groups excluding tert-OH is 1. The summed E-state index contributed by atoms with van der Waals surface area (Å²) in [5.74, 6) is -1.03. The van der Waals surface area contributed by atoms with Crippen LogP contribution in [-0.2, 0) is 4.79 Å². The van der Waals surface area contributed by atoms with E-state index in [0.29, 0.717) is 13.0 Å². The van der Waals surface area contributed by atoms with Crippen LogP contribution in [0.5, 0.6) is 0 Å². The number of nitrogens with zero attached hydrogens (tertiary/aromatic N) is 1. The lowest BCUT2D eigenvalue weighted by molar-refractivity contribution is -0.140. The van der Waals surface area contributed by atoms with Crippen molar-refractivity contribution in [3.05, 3.63) is 0 Å². The fourth-order valence-electron chi connectivity index (χ4n) is 1.19. The van der Waals surface area contributed by atoms with E-state index in [1.807, 2.05) is 0 Å². The Morgan fingerprint density at radius 2 is 2.00 bits per heavy atom. The molecular weight excluding hydrogens is 196 g/mol. The molecule has 5 heteroatoms. The minimum Gasteiger partial charge on any atom is -0.480 e. The first-order valence-electron chi connectivity index (χ1n) is 5.16. The molecule has 0 unspecified atom stereocenters. The summed E-state index contributed by atoms with van der Waals surface area (Å²) in [6, 6.07) is 1.22. The molecule has 0 aromatic heterocycles. The molecule has 0 radical (unpaired) electrons. The average molecular weight is 214 g/mol. The minimum atomic E-state index is -1.03. The van der Waals surface area contributed by atoms with Crippen LogP contribution in [0.25, 0.3) is 0 Å². The summed E-state index contributed by atoms with van der Waals surface area (Å²) in [7, 11) is 0. The second-order valence-corrected chi connectivity index (χ2v) is 3.35. The molecule has 0 bridgehead atoms. The average Bonchev–Trinajstić information content (AvgIpc) is 2.21. The molecule has 0 heterocycles. The third-order valence-electron chi connectivity index (χ3n) is 2.09. The molecule has 5 nitrogen and oxygen atoms in total. The van der Waals surface area contributed by atoms with Gasteiger partial charge in [-0.05, 0) is 19.4 Å². The van der Waals surface area contributed by atoms with Gasteiger partial charge in [0, 0.05) is 6.42 Å². The standard InChI is InChI=1S/C10H18N2O3/c11-6-4-2-1-3-5-7-12-9(8-13)10(14)15/h9,12-13H,1-5,7-8H2,(H,14,15)/t9-/m1/s1. The zero-order chi connectivity index (χ0) is 11.5. The number of nitriles is 1. The predicted molar refractivity (Wildman–Crippen MR) is 55.2 cm³/mol. The van der Waals surface area contributed by atoms with Crippen molar-refractivity contribution in [2.45, 2.75) is 38.1 Å². The molecule has 15 heavy (non-hydrogen) atoms. The number of carbonyl (C=O) groups is 1. The molecule has 0 spiro atoms. The molecular formula is C10H18N2O3. The SMILES string of the molecule is N#CCCCCCCN[C@H](CO)C(=O)O. The van der Waals surface area contributed by atoms with Gasteiger partial charge in [0.2, 0.25) is 0 Å². The molecule has 0 saturated carbocycles. The van der Waals surface area contributed by atoms with E-state index in [4.69, 9.17) is 15.5 Å². The van der Waals surface area contributed by atoms with Crippen molar-refractivity contribution >= 4 is 5.97 Å². The van der Waals surface area contributed by atoms with Crippen LogP contribution in [0.2, 0.25) is 0 Å². The lowest BCUT2D eigenvalue weighted by Crippen LogP contribution is -2.40. The van der Waals surface area contributed by atoms with Crippen molar-refractivity contribution in [2.24, 2.45) is 0 Å². The van der Waals surface area contributed by atoms with E-state index < -0.39 is 12.0 Å². The minimum absolute atomic E-state index is 0.385. The first-order chi connectivity index (χ1) is 7.22. The third kappa shape index (κ3) is 7.91. The largest absolute Gasteiger partial charge is 0.480 e. The third-order valence-corrected chi connectivity index (χ3v) is 2.09. The van der Waals surface area contributed by atoms with E-state index in [1.165, 1.54) is 0 Å². The van der Waals surface area contributed by atoms with Gasteiger partial charge in [0.25, 0.3) is 0 Å². The molecule has 1 atom stereocenters. The first-order valence-corrected chi connectivity index (χ1v) is 5.16. The van der Waals surface area contributed by atoms with Crippen molar-refractivity contribution in [2.75, 3.05) is 13.2 Å². The number of hydrogen-bond donors (Lipinski definition) is 3. The van der Waals surface area contributed by atoms with Crippen molar-refractivity contribution in [3.63, 3.8) is 0 Å². The van der Waals surface area contributed by atoms with Crippen LogP contribution in [-0.4, -0.2) is 35.4 Å². The molecule has 0 aliphatic carbocycles. The number of carboxylic acids is 1. The molecule has 0 amide bonds. The number of aliphatic carboxylic acids is 1.